The van der Waals surface area contributed by atoms with Gasteiger partial charge in [0.05, 0.1) is 12.8 Å². The summed E-state index contributed by atoms with van der Waals surface area (Å²) in [6.07, 6.45) is 1.51. The number of nitrogens with zero attached hydrogens (tertiary/aromatic N) is 4. The molecule has 160 valence electrons. The van der Waals surface area contributed by atoms with Crippen LogP contribution in [0.3, 0.4) is 0 Å². The van der Waals surface area contributed by atoms with E-state index in [0.29, 0.717) is 31.9 Å². The minimum Gasteiger partial charge on any atom is -0.497 e. The molecule has 2 aromatic carbocycles. The van der Waals surface area contributed by atoms with Gasteiger partial charge in [0.2, 0.25) is 0 Å². The maximum Gasteiger partial charge on any atom is 0.260 e. The number of rotatable bonds is 6. The largest absolute Gasteiger partial charge is 0.497 e. The molecule has 0 aliphatic carbocycles. The predicted molar refractivity (Wildman–Crippen MR) is 115 cm³/mol. The second-order valence-electron chi connectivity index (χ2n) is 7.10. The molecule has 0 unspecified atom stereocenters. The topological polar surface area (TPSA) is 67.8 Å². The van der Waals surface area contributed by atoms with Gasteiger partial charge in [0.1, 0.15) is 29.5 Å². The highest BCUT2D eigenvalue weighted by atomic mass is 19.1. The van der Waals surface area contributed by atoms with Gasteiger partial charge < -0.3 is 19.3 Å². The number of hydrogen-bond donors (Lipinski definition) is 0. The Morgan fingerprint density at radius 3 is 2.32 bits per heavy atom. The number of aromatic nitrogens is 2. The van der Waals surface area contributed by atoms with Gasteiger partial charge in [0, 0.05) is 37.8 Å². The van der Waals surface area contributed by atoms with Crippen LogP contribution in [0.5, 0.6) is 11.5 Å². The van der Waals surface area contributed by atoms with Crippen molar-refractivity contribution < 1.29 is 18.7 Å². The van der Waals surface area contributed by atoms with Crippen molar-refractivity contribution in [3.63, 3.8) is 0 Å². The molecular formula is C23H23FN4O3. The predicted octanol–water partition coefficient (Wildman–Crippen LogP) is 3.02. The second kappa shape index (κ2) is 9.42. The zero-order chi connectivity index (χ0) is 21.6. The summed E-state index contributed by atoms with van der Waals surface area (Å²) in [6, 6.07) is 15.2. The number of carbonyl (C=O) groups is 1. The SMILES string of the molecule is COc1ccc(OCC(=O)N2CCN(c3cc(-c4ccc(F)cc4)ncn3)CC2)cc1. The molecule has 1 aliphatic heterocycles. The van der Waals surface area contributed by atoms with Gasteiger partial charge >= 0.3 is 0 Å². The van der Waals surface area contributed by atoms with Gasteiger partial charge in [-0.05, 0) is 48.5 Å². The minimum atomic E-state index is -0.283. The van der Waals surface area contributed by atoms with Crippen molar-refractivity contribution in [1.82, 2.24) is 14.9 Å². The van der Waals surface area contributed by atoms with E-state index in [2.05, 4.69) is 14.9 Å². The van der Waals surface area contributed by atoms with Gasteiger partial charge in [-0.25, -0.2) is 14.4 Å². The first kappa shape index (κ1) is 20.6. The number of ether oxygens (including phenoxy) is 2. The molecule has 1 fully saturated rings. The lowest BCUT2D eigenvalue weighted by Gasteiger charge is -2.35. The Balaban J connectivity index is 1.31. The fourth-order valence-corrected chi connectivity index (χ4v) is 3.39. The van der Waals surface area contributed by atoms with Crippen molar-refractivity contribution >= 4 is 11.7 Å². The molecule has 1 aromatic heterocycles. The molecule has 0 saturated carbocycles. The highest BCUT2D eigenvalue weighted by Gasteiger charge is 2.22. The summed E-state index contributed by atoms with van der Waals surface area (Å²) in [7, 11) is 1.60. The Labute approximate surface area is 180 Å². The zero-order valence-electron chi connectivity index (χ0n) is 17.2. The summed E-state index contributed by atoms with van der Waals surface area (Å²) >= 11 is 0. The molecule has 0 atom stereocenters. The summed E-state index contributed by atoms with van der Waals surface area (Å²) < 4.78 is 23.9. The molecule has 0 bridgehead atoms. The average molecular weight is 422 g/mol. The van der Waals surface area contributed by atoms with Crippen LogP contribution in [0.4, 0.5) is 10.2 Å². The number of piperazine rings is 1. The second-order valence-corrected chi connectivity index (χ2v) is 7.10. The first-order chi connectivity index (χ1) is 15.1. The Hall–Kier alpha value is -3.68. The van der Waals surface area contributed by atoms with E-state index in [-0.39, 0.29) is 18.3 Å². The molecule has 1 saturated heterocycles. The zero-order valence-corrected chi connectivity index (χ0v) is 17.2. The summed E-state index contributed by atoms with van der Waals surface area (Å²) in [6.45, 7) is 2.48. The summed E-state index contributed by atoms with van der Waals surface area (Å²) in [4.78, 5) is 25.1. The minimum absolute atomic E-state index is 0.00541. The molecular weight excluding hydrogens is 399 g/mol. The molecule has 4 rings (SSSR count). The monoisotopic (exact) mass is 422 g/mol. The maximum atomic E-state index is 13.2. The van der Waals surface area contributed by atoms with Crippen LogP contribution in [0.1, 0.15) is 0 Å². The number of carbonyl (C=O) groups excluding carboxylic acids is 1. The van der Waals surface area contributed by atoms with Gasteiger partial charge in [0.15, 0.2) is 6.61 Å². The van der Waals surface area contributed by atoms with E-state index >= 15 is 0 Å². The number of methoxy groups -OCH3 is 1. The van der Waals surface area contributed by atoms with Crippen LogP contribution in [0.25, 0.3) is 11.3 Å². The van der Waals surface area contributed by atoms with E-state index in [0.717, 1.165) is 22.8 Å². The number of amides is 1. The van der Waals surface area contributed by atoms with Crippen molar-refractivity contribution in [1.29, 1.82) is 0 Å². The Bertz CT molecular complexity index is 1020. The van der Waals surface area contributed by atoms with Gasteiger partial charge in [0.25, 0.3) is 5.91 Å². The average Bonchev–Trinajstić information content (AvgIpc) is 2.83. The van der Waals surface area contributed by atoms with Crippen LogP contribution < -0.4 is 14.4 Å². The maximum absolute atomic E-state index is 13.2. The van der Waals surface area contributed by atoms with Crippen LogP contribution in [-0.4, -0.2) is 60.7 Å². The summed E-state index contributed by atoms with van der Waals surface area (Å²) in [5.41, 5.74) is 1.56. The highest BCUT2D eigenvalue weighted by molar-refractivity contribution is 5.78. The molecule has 1 amide bonds. The van der Waals surface area contributed by atoms with Crippen LogP contribution in [0.15, 0.2) is 60.9 Å². The van der Waals surface area contributed by atoms with Crippen LogP contribution >= 0.6 is 0 Å². The van der Waals surface area contributed by atoms with E-state index in [1.54, 1.807) is 48.4 Å². The van der Waals surface area contributed by atoms with E-state index in [4.69, 9.17) is 9.47 Å². The number of hydrogen-bond acceptors (Lipinski definition) is 6. The summed E-state index contributed by atoms with van der Waals surface area (Å²) in [5.74, 6) is 1.82. The number of anilines is 1. The standard InChI is InChI=1S/C23H23FN4O3/c1-30-19-6-8-20(9-7-19)31-15-23(29)28-12-10-27(11-13-28)22-14-21(25-16-26-22)17-2-4-18(24)5-3-17/h2-9,14,16H,10-13,15H2,1H3. The van der Waals surface area contributed by atoms with Crippen molar-refractivity contribution in [3.05, 3.63) is 66.7 Å². The van der Waals surface area contributed by atoms with E-state index in [1.807, 2.05) is 6.07 Å². The smallest absolute Gasteiger partial charge is 0.260 e. The van der Waals surface area contributed by atoms with E-state index < -0.39 is 0 Å². The normalized spacial score (nSPS) is 13.7. The van der Waals surface area contributed by atoms with Gasteiger partial charge in [-0.2, -0.15) is 0 Å². The molecule has 0 radical (unpaired) electrons. The van der Waals surface area contributed by atoms with Crippen molar-refractivity contribution in [2.45, 2.75) is 0 Å². The van der Waals surface area contributed by atoms with Gasteiger partial charge in [-0.15, -0.1) is 0 Å². The van der Waals surface area contributed by atoms with Crippen molar-refractivity contribution in [3.8, 4) is 22.8 Å². The van der Waals surface area contributed by atoms with Crippen molar-refractivity contribution in [2.24, 2.45) is 0 Å². The molecule has 1 aliphatic rings. The fourth-order valence-electron chi connectivity index (χ4n) is 3.39. The lowest BCUT2D eigenvalue weighted by atomic mass is 10.1. The third kappa shape index (κ3) is 5.09. The number of halogens is 1. The van der Waals surface area contributed by atoms with E-state index in [9.17, 15) is 9.18 Å². The first-order valence-corrected chi connectivity index (χ1v) is 10.00. The first-order valence-electron chi connectivity index (χ1n) is 10.00. The van der Waals surface area contributed by atoms with Crippen LogP contribution in [0.2, 0.25) is 0 Å². The summed E-state index contributed by atoms with van der Waals surface area (Å²) in [5, 5.41) is 0. The Morgan fingerprint density at radius 1 is 0.968 bits per heavy atom. The molecule has 31 heavy (non-hydrogen) atoms. The van der Waals surface area contributed by atoms with E-state index in [1.165, 1.54) is 18.5 Å². The van der Waals surface area contributed by atoms with Crippen molar-refractivity contribution in [2.75, 3.05) is 44.8 Å². The molecule has 8 heteroatoms. The Kier molecular flexibility index (Phi) is 6.26. The highest BCUT2D eigenvalue weighted by Crippen LogP contribution is 2.22. The molecule has 2 heterocycles. The molecule has 3 aromatic rings. The van der Waals surface area contributed by atoms with Crippen LogP contribution in [-0.2, 0) is 4.79 Å². The lowest BCUT2D eigenvalue weighted by Crippen LogP contribution is -2.50. The molecule has 7 nitrogen and oxygen atoms in total. The third-order valence-electron chi connectivity index (χ3n) is 5.17. The quantitative estimate of drug-likeness (QED) is 0.608. The van der Waals surface area contributed by atoms with Gasteiger partial charge in [-0.1, -0.05) is 0 Å². The number of benzene rings is 2. The molecule has 0 N–H and O–H groups in total. The van der Waals surface area contributed by atoms with Gasteiger partial charge in [-0.3, -0.25) is 4.79 Å². The van der Waals surface area contributed by atoms with Crippen LogP contribution in [0, 0.1) is 5.82 Å². The lowest BCUT2D eigenvalue weighted by molar-refractivity contribution is -0.133. The molecule has 0 spiro atoms. The third-order valence-corrected chi connectivity index (χ3v) is 5.17. The Morgan fingerprint density at radius 2 is 1.65 bits per heavy atom. The fraction of sp³-hybridized carbons (Fsp3) is 0.261.